The molecule has 0 bridgehead atoms. The van der Waals surface area contributed by atoms with Gasteiger partial charge in [0.1, 0.15) is 0 Å². The molecule has 1 aromatic rings. The molecule has 108 valence electrons. The van der Waals surface area contributed by atoms with E-state index >= 15 is 0 Å². The number of carbonyl (C=O) groups is 1. The lowest BCUT2D eigenvalue weighted by atomic mass is 9.94. The Hall–Kier alpha value is -1.57. The van der Waals surface area contributed by atoms with Crippen molar-refractivity contribution in [1.29, 1.82) is 0 Å². The van der Waals surface area contributed by atoms with Gasteiger partial charge in [-0.2, -0.15) is 0 Å². The lowest BCUT2D eigenvalue weighted by Crippen LogP contribution is -2.42. The van der Waals surface area contributed by atoms with Crippen LogP contribution in [-0.2, 0) is 11.3 Å². The summed E-state index contributed by atoms with van der Waals surface area (Å²) in [5.41, 5.74) is 1.21. The smallest absolute Gasteiger partial charge is 0.223 e. The summed E-state index contributed by atoms with van der Waals surface area (Å²) in [4.78, 5) is 14.6. The van der Waals surface area contributed by atoms with Crippen LogP contribution < -0.4 is 0 Å². The third kappa shape index (κ3) is 3.72. The lowest BCUT2D eigenvalue weighted by molar-refractivity contribution is -0.134. The number of benzene rings is 1. The zero-order valence-corrected chi connectivity index (χ0v) is 12.6. The van der Waals surface area contributed by atoms with Crippen molar-refractivity contribution in [3.63, 3.8) is 0 Å². The molecule has 20 heavy (non-hydrogen) atoms. The van der Waals surface area contributed by atoms with E-state index in [1.807, 2.05) is 18.2 Å². The molecule has 2 rings (SSSR count). The molecule has 0 unspecified atom stereocenters. The highest BCUT2D eigenvalue weighted by Crippen LogP contribution is 2.22. The van der Waals surface area contributed by atoms with Crippen LogP contribution in [0.1, 0.15) is 45.1 Å². The summed E-state index contributed by atoms with van der Waals surface area (Å²) >= 11 is 0. The molecular weight excluding hydrogens is 246 g/mol. The van der Waals surface area contributed by atoms with E-state index in [1.54, 1.807) is 0 Å². The maximum Gasteiger partial charge on any atom is 0.223 e. The quantitative estimate of drug-likeness (QED) is 0.753. The fourth-order valence-corrected chi connectivity index (χ4v) is 2.73. The van der Waals surface area contributed by atoms with E-state index in [0.717, 1.165) is 25.8 Å². The Kier molecular flexibility index (Phi) is 5.40. The van der Waals surface area contributed by atoms with Crippen molar-refractivity contribution < 1.29 is 4.79 Å². The molecule has 2 atom stereocenters. The lowest BCUT2D eigenvalue weighted by Gasteiger charge is -2.35. The molecule has 1 amide bonds. The first-order valence-electron chi connectivity index (χ1n) is 7.72. The van der Waals surface area contributed by atoms with Gasteiger partial charge in [0.05, 0.1) is 6.04 Å². The van der Waals surface area contributed by atoms with Gasteiger partial charge >= 0.3 is 0 Å². The van der Waals surface area contributed by atoms with Crippen molar-refractivity contribution in [2.45, 2.75) is 52.1 Å². The van der Waals surface area contributed by atoms with Crippen molar-refractivity contribution in [3.05, 3.63) is 48.0 Å². The average molecular weight is 271 g/mol. The van der Waals surface area contributed by atoms with Crippen molar-refractivity contribution >= 4 is 5.91 Å². The Morgan fingerprint density at radius 1 is 1.30 bits per heavy atom. The van der Waals surface area contributed by atoms with E-state index in [9.17, 15) is 4.79 Å². The summed E-state index contributed by atoms with van der Waals surface area (Å²) in [6, 6.07) is 10.5. The maximum atomic E-state index is 12.5. The first-order chi connectivity index (χ1) is 9.72. The summed E-state index contributed by atoms with van der Waals surface area (Å²) in [5, 5.41) is 0. The minimum absolute atomic E-state index is 0.230. The number of amides is 1. The number of nitrogens with zero attached hydrogens (tertiary/aromatic N) is 1. The Morgan fingerprint density at radius 2 is 2.05 bits per heavy atom. The van der Waals surface area contributed by atoms with Crippen molar-refractivity contribution in [2.75, 3.05) is 0 Å². The number of rotatable bonds is 4. The average Bonchev–Trinajstić information content (AvgIpc) is 2.47. The van der Waals surface area contributed by atoms with Crippen LogP contribution >= 0.6 is 0 Å². The highest BCUT2D eigenvalue weighted by molar-refractivity contribution is 5.77. The number of hydrogen-bond donors (Lipinski definition) is 0. The second-order valence-electron chi connectivity index (χ2n) is 5.70. The van der Waals surface area contributed by atoms with Gasteiger partial charge in [0.2, 0.25) is 5.91 Å². The van der Waals surface area contributed by atoms with Crippen LogP contribution in [-0.4, -0.2) is 16.8 Å². The van der Waals surface area contributed by atoms with Gasteiger partial charge in [0, 0.05) is 13.0 Å². The van der Waals surface area contributed by atoms with Gasteiger partial charge in [-0.05, 0) is 24.3 Å². The molecule has 2 heteroatoms. The van der Waals surface area contributed by atoms with Gasteiger partial charge in [-0.15, -0.1) is 0 Å². The topological polar surface area (TPSA) is 20.3 Å². The first kappa shape index (κ1) is 14.8. The maximum absolute atomic E-state index is 12.5. The third-order valence-electron chi connectivity index (χ3n) is 4.20. The first-order valence-corrected chi connectivity index (χ1v) is 7.72. The molecule has 0 N–H and O–H groups in total. The van der Waals surface area contributed by atoms with E-state index < -0.39 is 0 Å². The predicted molar refractivity (Wildman–Crippen MR) is 83.2 cm³/mol. The molecule has 1 heterocycles. The second kappa shape index (κ2) is 7.28. The zero-order chi connectivity index (χ0) is 14.4. The minimum atomic E-state index is 0.230. The molecule has 1 aromatic carbocycles. The zero-order valence-electron chi connectivity index (χ0n) is 12.6. The summed E-state index contributed by atoms with van der Waals surface area (Å²) in [6.45, 7) is 5.16. The molecule has 2 nitrogen and oxygen atoms in total. The summed E-state index contributed by atoms with van der Waals surface area (Å²) in [5.74, 6) is 0.792. The van der Waals surface area contributed by atoms with Gasteiger partial charge in [-0.25, -0.2) is 0 Å². The number of allylic oxidation sites excluding steroid dienone is 1. The normalized spacial score (nSPS) is 23.0. The van der Waals surface area contributed by atoms with Crippen LogP contribution in [0.5, 0.6) is 0 Å². The molecule has 0 aliphatic carbocycles. The van der Waals surface area contributed by atoms with Crippen molar-refractivity contribution in [1.82, 2.24) is 4.90 Å². The monoisotopic (exact) mass is 271 g/mol. The molecule has 0 radical (unpaired) electrons. The molecule has 1 aliphatic rings. The third-order valence-corrected chi connectivity index (χ3v) is 4.20. The second-order valence-corrected chi connectivity index (χ2v) is 5.70. The fraction of sp³-hybridized carbons (Fsp3) is 0.500. The summed E-state index contributed by atoms with van der Waals surface area (Å²) in [7, 11) is 0. The Bertz CT molecular complexity index is 452. The highest BCUT2D eigenvalue weighted by atomic mass is 16.2. The van der Waals surface area contributed by atoms with Gasteiger partial charge in [0.15, 0.2) is 0 Å². The van der Waals surface area contributed by atoms with Crippen LogP contribution in [0.3, 0.4) is 0 Å². The van der Waals surface area contributed by atoms with Crippen LogP contribution in [0, 0.1) is 5.92 Å². The Balaban J connectivity index is 2.23. The largest absolute Gasteiger partial charge is 0.332 e. The minimum Gasteiger partial charge on any atom is -0.332 e. The van der Waals surface area contributed by atoms with Gasteiger partial charge in [0.25, 0.3) is 0 Å². The SMILES string of the molecule is CC[C@H](C)[C@H]1/C=C\CCCC(=O)N1Cc1ccccc1. The Labute approximate surface area is 122 Å². The highest BCUT2D eigenvalue weighted by Gasteiger charge is 2.26. The molecule has 0 saturated heterocycles. The van der Waals surface area contributed by atoms with Crippen molar-refractivity contribution in [3.8, 4) is 0 Å². The predicted octanol–water partition coefficient (Wildman–Crippen LogP) is 4.17. The van der Waals surface area contributed by atoms with E-state index in [0.29, 0.717) is 18.2 Å². The summed E-state index contributed by atoms with van der Waals surface area (Å²) < 4.78 is 0. The van der Waals surface area contributed by atoms with E-state index in [-0.39, 0.29) is 6.04 Å². The fourth-order valence-electron chi connectivity index (χ4n) is 2.73. The molecule has 0 fully saturated rings. The molecule has 1 aliphatic heterocycles. The van der Waals surface area contributed by atoms with E-state index in [2.05, 4.69) is 43.0 Å². The van der Waals surface area contributed by atoms with Crippen LogP contribution in [0.2, 0.25) is 0 Å². The van der Waals surface area contributed by atoms with Gasteiger partial charge in [-0.3, -0.25) is 4.79 Å². The standard InChI is InChI=1S/C18H25NO/c1-3-15(2)17-12-8-5-9-13-18(20)19(17)14-16-10-6-4-7-11-16/h4,6-8,10-12,15,17H,3,5,9,13-14H2,1-2H3/b12-8-/t15-,17+/m0/s1. The van der Waals surface area contributed by atoms with E-state index in [1.165, 1.54) is 5.56 Å². The number of hydrogen-bond acceptors (Lipinski definition) is 1. The Morgan fingerprint density at radius 3 is 2.75 bits per heavy atom. The van der Waals surface area contributed by atoms with Crippen molar-refractivity contribution in [2.24, 2.45) is 5.92 Å². The van der Waals surface area contributed by atoms with E-state index in [4.69, 9.17) is 0 Å². The molecular formula is C18H25NO. The van der Waals surface area contributed by atoms with Crippen LogP contribution in [0.15, 0.2) is 42.5 Å². The van der Waals surface area contributed by atoms with Gasteiger partial charge in [-0.1, -0.05) is 62.8 Å². The van der Waals surface area contributed by atoms with Gasteiger partial charge < -0.3 is 4.90 Å². The van der Waals surface area contributed by atoms with Crippen LogP contribution in [0.25, 0.3) is 0 Å². The number of carbonyl (C=O) groups excluding carboxylic acids is 1. The summed E-state index contributed by atoms with van der Waals surface area (Å²) in [6.07, 6.45) is 8.25. The van der Waals surface area contributed by atoms with Crippen LogP contribution in [0.4, 0.5) is 0 Å². The molecule has 0 aromatic heterocycles. The molecule has 0 spiro atoms. The molecule has 0 saturated carbocycles.